The molecule has 0 aromatic carbocycles. The lowest BCUT2D eigenvalue weighted by Gasteiger charge is -2.38. The summed E-state index contributed by atoms with van der Waals surface area (Å²) in [5, 5.41) is 2.86. The number of rotatable bonds is 5. The Morgan fingerprint density at radius 2 is 1.84 bits per heavy atom. The molecule has 7 nitrogen and oxygen atoms in total. The van der Waals surface area contributed by atoms with Crippen molar-refractivity contribution in [3.63, 3.8) is 0 Å². The average Bonchev–Trinajstić information content (AvgIpc) is 3.21. The maximum atomic E-state index is 12.9. The molecule has 0 aliphatic carbocycles. The van der Waals surface area contributed by atoms with Gasteiger partial charge in [-0.2, -0.15) is 0 Å². The quantitative estimate of drug-likeness (QED) is 0.761. The fourth-order valence-electron chi connectivity index (χ4n) is 4.67. The highest BCUT2D eigenvalue weighted by atomic mass is 16.2. The highest BCUT2D eigenvalue weighted by molar-refractivity contribution is 5.85. The molecule has 25 heavy (non-hydrogen) atoms. The second kappa shape index (κ2) is 6.94. The molecule has 3 amide bonds. The minimum atomic E-state index is -0.114. The molecule has 3 rings (SSSR count). The Morgan fingerprint density at radius 1 is 1.20 bits per heavy atom. The molecule has 0 aromatic heterocycles. The van der Waals surface area contributed by atoms with Crippen LogP contribution >= 0.6 is 0 Å². The summed E-state index contributed by atoms with van der Waals surface area (Å²) in [6.07, 6.45) is 2.53. The molecule has 3 fully saturated rings. The number of carbonyl (C=O) groups excluding carboxylic acids is 3. The molecule has 0 saturated carbocycles. The molecule has 1 N–H and O–H groups in total. The average molecular weight is 350 g/mol. The van der Waals surface area contributed by atoms with Gasteiger partial charge in [0.25, 0.3) is 0 Å². The van der Waals surface area contributed by atoms with Crippen molar-refractivity contribution in [2.24, 2.45) is 5.92 Å². The monoisotopic (exact) mass is 350 g/mol. The first-order valence-electron chi connectivity index (χ1n) is 9.33. The molecule has 1 unspecified atom stereocenters. The zero-order valence-electron chi connectivity index (χ0n) is 15.7. The van der Waals surface area contributed by atoms with Gasteiger partial charge >= 0.3 is 0 Å². The van der Waals surface area contributed by atoms with Crippen LogP contribution in [0.15, 0.2) is 0 Å². The van der Waals surface area contributed by atoms with E-state index in [0.29, 0.717) is 25.9 Å². The summed E-state index contributed by atoms with van der Waals surface area (Å²) in [4.78, 5) is 42.7. The van der Waals surface area contributed by atoms with Crippen molar-refractivity contribution in [2.45, 2.75) is 63.7 Å². The van der Waals surface area contributed by atoms with Gasteiger partial charge in [0.1, 0.15) is 0 Å². The van der Waals surface area contributed by atoms with Crippen LogP contribution in [0.25, 0.3) is 0 Å². The molecule has 3 aliphatic rings. The minimum Gasteiger partial charge on any atom is -0.353 e. The summed E-state index contributed by atoms with van der Waals surface area (Å²) in [6, 6.07) is 0.141. The summed E-state index contributed by atoms with van der Waals surface area (Å²) in [5.74, 6) is 0.591. The Balaban J connectivity index is 1.57. The molecular weight excluding hydrogens is 320 g/mol. The molecule has 140 valence electrons. The van der Waals surface area contributed by atoms with E-state index in [2.05, 4.69) is 19.2 Å². The standard InChI is InChI=1S/C18H30N4O3/c1-11(2)17(20(3)4)18(25)22-10-13-8-14(22)9-21(13)16(24)7-12-5-6-15(23)19-12/h11-14,17H,5-10H2,1-4H3,(H,19,23)/t12?,13-,14-,17-/m0/s1. The molecule has 3 saturated heterocycles. The van der Waals surface area contributed by atoms with Crippen LogP contribution in [0.2, 0.25) is 0 Å². The number of hydrogen-bond acceptors (Lipinski definition) is 4. The molecular formula is C18H30N4O3. The lowest BCUT2D eigenvalue weighted by Crippen LogP contribution is -2.56. The summed E-state index contributed by atoms with van der Waals surface area (Å²) < 4.78 is 0. The third kappa shape index (κ3) is 3.52. The Hall–Kier alpha value is -1.63. The maximum absolute atomic E-state index is 12.9. The van der Waals surface area contributed by atoms with E-state index in [4.69, 9.17) is 0 Å². The van der Waals surface area contributed by atoms with Crippen LogP contribution in [0.5, 0.6) is 0 Å². The number of carbonyl (C=O) groups is 3. The van der Waals surface area contributed by atoms with Crippen LogP contribution in [-0.2, 0) is 14.4 Å². The van der Waals surface area contributed by atoms with Crippen LogP contribution < -0.4 is 5.32 Å². The van der Waals surface area contributed by atoms with Gasteiger partial charge in [-0.05, 0) is 32.9 Å². The smallest absolute Gasteiger partial charge is 0.240 e. The molecule has 2 bridgehead atoms. The van der Waals surface area contributed by atoms with E-state index < -0.39 is 0 Å². The second-order valence-corrected chi connectivity index (χ2v) is 8.24. The Labute approximate surface area is 149 Å². The number of nitrogens with one attached hydrogen (secondary N) is 1. The third-order valence-electron chi connectivity index (χ3n) is 5.79. The van der Waals surface area contributed by atoms with Gasteiger partial charge in [-0.25, -0.2) is 0 Å². The van der Waals surface area contributed by atoms with Gasteiger partial charge in [0, 0.05) is 32.0 Å². The first kappa shape index (κ1) is 18.2. The number of amides is 3. The van der Waals surface area contributed by atoms with Gasteiger partial charge < -0.3 is 15.1 Å². The van der Waals surface area contributed by atoms with Crippen molar-refractivity contribution in [3.05, 3.63) is 0 Å². The number of likely N-dealkylation sites (N-methyl/N-ethyl adjacent to an activating group) is 1. The molecule has 0 aromatic rings. The van der Waals surface area contributed by atoms with E-state index in [-0.39, 0.29) is 47.8 Å². The van der Waals surface area contributed by atoms with Crippen molar-refractivity contribution in [2.75, 3.05) is 27.2 Å². The second-order valence-electron chi connectivity index (χ2n) is 8.24. The zero-order valence-corrected chi connectivity index (χ0v) is 15.7. The topological polar surface area (TPSA) is 73.0 Å². The van der Waals surface area contributed by atoms with Gasteiger partial charge in [0.15, 0.2) is 0 Å². The van der Waals surface area contributed by atoms with E-state index in [1.54, 1.807) is 0 Å². The van der Waals surface area contributed by atoms with E-state index >= 15 is 0 Å². The number of likely N-dealkylation sites (tertiary alicyclic amines) is 2. The van der Waals surface area contributed by atoms with E-state index in [0.717, 1.165) is 12.8 Å². The van der Waals surface area contributed by atoms with E-state index in [9.17, 15) is 14.4 Å². The summed E-state index contributed by atoms with van der Waals surface area (Å²) >= 11 is 0. The Kier molecular flexibility index (Phi) is 5.04. The highest BCUT2D eigenvalue weighted by Crippen LogP contribution is 2.33. The molecule has 3 aliphatic heterocycles. The SMILES string of the molecule is CC(C)[C@@H](C(=O)N1C[C@@H]2C[C@H]1CN2C(=O)CC1CCC(=O)N1)N(C)C. The van der Waals surface area contributed by atoms with Crippen LogP contribution in [0.3, 0.4) is 0 Å². The normalized spacial score (nSPS) is 29.7. The molecule has 4 atom stereocenters. The first-order valence-corrected chi connectivity index (χ1v) is 9.33. The Morgan fingerprint density at radius 3 is 2.32 bits per heavy atom. The summed E-state index contributed by atoms with van der Waals surface area (Å²) in [6.45, 7) is 5.42. The summed E-state index contributed by atoms with van der Waals surface area (Å²) in [7, 11) is 3.89. The fraction of sp³-hybridized carbons (Fsp3) is 0.833. The van der Waals surface area contributed by atoms with E-state index in [1.807, 2.05) is 28.8 Å². The lowest BCUT2D eigenvalue weighted by atomic mass is 10.0. The Bertz CT molecular complexity index is 555. The largest absolute Gasteiger partial charge is 0.353 e. The molecule has 7 heteroatoms. The van der Waals surface area contributed by atoms with Crippen LogP contribution in [-0.4, -0.2) is 83.8 Å². The first-order chi connectivity index (χ1) is 11.8. The number of hydrogen-bond donors (Lipinski definition) is 1. The predicted molar refractivity (Wildman–Crippen MR) is 93.7 cm³/mol. The van der Waals surface area contributed by atoms with Crippen LogP contribution in [0.1, 0.15) is 39.5 Å². The lowest BCUT2D eigenvalue weighted by molar-refractivity contribution is -0.144. The van der Waals surface area contributed by atoms with Gasteiger partial charge in [0.2, 0.25) is 17.7 Å². The van der Waals surface area contributed by atoms with Gasteiger partial charge in [-0.1, -0.05) is 13.8 Å². The molecule has 0 spiro atoms. The fourth-order valence-corrected chi connectivity index (χ4v) is 4.67. The minimum absolute atomic E-state index is 0.0177. The number of nitrogens with zero attached hydrogens (tertiary/aromatic N) is 3. The van der Waals surface area contributed by atoms with Crippen molar-refractivity contribution in [1.82, 2.24) is 20.0 Å². The highest BCUT2D eigenvalue weighted by Gasteiger charge is 2.48. The number of fused-ring (bicyclic) bond motifs is 2. The van der Waals surface area contributed by atoms with Crippen molar-refractivity contribution in [3.8, 4) is 0 Å². The zero-order chi connectivity index (χ0) is 18.3. The van der Waals surface area contributed by atoms with Gasteiger partial charge in [-0.15, -0.1) is 0 Å². The van der Waals surface area contributed by atoms with Gasteiger partial charge in [0.05, 0.1) is 18.1 Å². The van der Waals surface area contributed by atoms with Crippen molar-refractivity contribution in [1.29, 1.82) is 0 Å². The number of piperazine rings is 1. The van der Waals surface area contributed by atoms with Crippen molar-refractivity contribution >= 4 is 17.7 Å². The summed E-state index contributed by atoms with van der Waals surface area (Å²) in [5.41, 5.74) is 0. The van der Waals surface area contributed by atoms with Gasteiger partial charge in [-0.3, -0.25) is 19.3 Å². The van der Waals surface area contributed by atoms with Crippen molar-refractivity contribution < 1.29 is 14.4 Å². The molecule has 3 heterocycles. The molecule has 0 radical (unpaired) electrons. The predicted octanol–water partition coefficient (Wildman–Crippen LogP) is 0.0530. The third-order valence-corrected chi connectivity index (χ3v) is 5.79. The van der Waals surface area contributed by atoms with Crippen LogP contribution in [0, 0.1) is 5.92 Å². The maximum Gasteiger partial charge on any atom is 0.240 e. The van der Waals surface area contributed by atoms with E-state index in [1.165, 1.54) is 0 Å². The van der Waals surface area contributed by atoms with Crippen LogP contribution in [0.4, 0.5) is 0 Å².